The van der Waals surface area contributed by atoms with Crippen molar-refractivity contribution in [1.82, 2.24) is 15.5 Å². The van der Waals surface area contributed by atoms with Gasteiger partial charge in [0.15, 0.2) is 11.6 Å². The number of alkyl halides is 2. The Morgan fingerprint density at radius 1 is 1.20 bits per heavy atom. The molecule has 0 spiro atoms. The molecule has 10 heteroatoms. The third kappa shape index (κ3) is 4.52. The Labute approximate surface area is 179 Å². The zero-order valence-corrected chi connectivity index (χ0v) is 17.9. The van der Waals surface area contributed by atoms with Crippen LogP contribution in [0.1, 0.15) is 32.8 Å². The molecule has 7 nitrogen and oxygen atoms in total. The minimum absolute atomic E-state index is 0.100. The molecular weight excluding hydrogens is 414 g/mol. The Bertz CT molecular complexity index is 936. The molecule has 2 aromatic rings. The standard InChI is InChI=1S/C20H25ClF2N6O/c1-19(2,3)12-30-18-24-16(28-9-8-20(22,23)11-28)15-17(25-18)29(27-26-15)10-13-6-4-5-7-14(13)21/h4-7,26-27H,8-12H2,1-3H3. The summed E-state index contributed by atoms with van der Waals surface area (Å²) in [6.45, 7) is 6.75. The highest BCUT2D eigenvalue weighted by molar-refractivity contribution is 6.31. The van der Waals surface area contributed by atoms with Crippen LogP contribution in [0.5, 0.6) is 6.01 Å². The molecule has 0 amide bonds. The van der Waals surface area contributed by atoms with Gasteiger partial charge in [-0.25, -0.2) is 8.78 Å². The van der Waals surface area contributed by atoms with Crippen molar-refractivity contribution in [2.24, 2.45) is 5.41 Å². The van der Waals surface area contributed by atoms with Crippen LogP contribution in [0, 0.1) is 5.41 Å². The first-order valence-electron chi connectivity index (χ1n) is 9.82. The minimum atomic E-state index is -2.74. The Balaban J connectivity index is 1.68. The zero-order valence-electron chi connectivity index (χ0n) is 17.2. The lowest BCUT2D eigenvalue weighted by Gasteiger charge is -2.22. The molecule has 1 aromatic carbocycles. The van der Waals surface area contributed by atoms with Crippen LogP contribution in [0.25, 0.3) is 0 Å². The summed E-state index contributed by atoms with van der Waals surface area (Å²) in [5, 5.41) is 2.39. The lowest BCUT2D eigenvalue weighted by Crippen LogP contribution is -2.35. The van der Waals surface area contributed by atoms with E-state index in [0.29, 0.717) is 35.5 Å². The van der Waals surface area contributed by atoms with Crippen molar-refractivity contribution in [2.45, 2.75) is 39.7 Å². The van der Waals surface area contributed by atoms with Crippen LogP contribution in [0.4, 0.5) is 26.1 Å². The molecule has 0 atom stereocenters. The summed E-state index contributed by atoms with van der Waals surface area (Å²) in [7, 11) is 0. The number of hydrogen-bond acceptors (Lipinski definition) is 7. The molecule has 0 bridgehead atoms. The maximum Gasteiger partial charge on any atom is 0.320 e. The normalized spacial score (nSPS) is 17.8. The molecule has 0 saturated carbocycles. The fraction of sp³-hybridized carbons (Fsp3) is 0.500. The van der Waals surface area contributed by atoms with Crippen LogP contribution < -0.4 is 25.6 Å². The molecule has 2 aliphatic rings. The first-order chi connectivity index (χ1) is 14.1. The third-order valence-electron chi connectivity index (χ3n) is 4.81. The smallest absolute Gasteiger partial charge is 0.320 e. The van der Waals surface area contributed by atoms with E-state index in [0.717, 1.165) is 5.56 Å². The van der Waals surface area contributed by atoms with Gasteiger partial charge in [-0.05, 0) is 17.0 Å². The SMILES string of the molecule is CC(C)(C)COc1nc(N2CCC(F)(F)C2)c2c(n1)N(Cc1ccccc1Cl)NN2. The molecule has 0 unspecified atom stereocenters. The second-order valence-corrected chi connectivity index (χ2v) is 9.23. The summed E-state index contributed by atoms with van der Waals surface area (Å²) < 4.78 is 33.6. The summed E-state index contributed by atoms with van der Waals surface area (Å²) in [4.78, 5) is 10.6. The molecule has 0 radical (unpaired) electrons. The van der Waals surface area contributed by atoms with E-state index in [1.54, 1.807) is 9.91 Å². The van der Waals surface area contributed by atoms with Crippen molar-refractivity contribution in [3.05, 3.63) is 34.9 Å². The topological polar surface area (TPSA) is 65.5 Å². The number of anilines is 3. The predicted molar refractivity (Wildman–Crippen MR) is 113 cm³/mol. The second-order valence-electron chi connectivity index (χ2n) is 8.82. The van der Waals surface area contributed by atoms with Gasteiger partial charge in [0.2, 0.25) is 0 Å². The first-order valence-corrected chi connectivity index (χ1v) is 10.2. The van der Waals surface area contributed by atoms with E-state index in [1.807, 2.05) is 45.0 Å². The number of halogens is 3. The van der Waals surface area contributed by atoms with E-state index < -0.39 is 5.92 Å². The second kappa shape index (κ2) is 7.70. The number of fused-ring (bicyclic) bond motifs is 1. The highest BCUT2D eigenvalue weighted by Crippen LogP contribution is 2.41. The number of aromatic nitrogens is 2. The quantitative estimate of drug-likeness (QED) is 0.723. The van der Waals surface area contributed by atoms with E-state index >= 15 is 0 Å². The molecule has 162 valence electrons. The van der Waals surface area contributed by atoms with Crippen LogP contribution in [-0.2, 0) is 6.54 Å². The Hall–Kier alpha value is -2.39. The highest BCUT2D eigenvalue weighted by Gasteiger charge is 2.41. The first kappa shape index (κ1) is 20.9. The van der Waals surface area contributed by atoms with Crippen molar-refractivity contribution in [3.63, 3.8) is 0 Å². The molecule has 2 N–H and O–H groups in total. The monoisotopic (exact) mass is 438 g/mol. The van der Waals surface area contributed by atoms with E-state index in [-0.39, 0.29) is 30.9 Å². The number of nitrogens with zero attached hydrogens (tertiary/aromatic N) is 4. The summed E-state index contributed by atoms with van der Waals surface area (Å²) >= 11 is 6.30. The van der Waals surface area contributed by atoms with Crippen molar-refractivity contribution in [1.29, 1.82) is 0 Å². The largest absolute Gasteiger partial charge is 0.463 e. The van der Waals surface area contributed by atoms with Gasteiger partial charge in [-0.2, -0.15) is 9.97 Å². The van der Waals surface area contributed by atoms with Crippen LogP contribution in [0.2, 0.25) is 5.02 Å². The molecule has 1 fully saturated rings. The van der Waals surface area contributed by atoms with E-state index in [1.165, 1.54) is 0 Å². The van der Waals surface area contributed by atoms with Gasteiger partial charge < -0.3 is 9.64 Å². The van der Waals surface area contributed by atoms with Gasteiger partial charge in [-0.15, -0.1) is 5.53 Å². The van der Waals surface area contributed by atoms with Crippen molar-refractivity contribution >= 4 is 28.9 Å². The van der Waals surface area contributed by atoms with Crippen LogP contribution >= 0.6 is 11.6 Å². The summed E-state index contributed by atoms with van der Waals surface area (Å²) in [5.74, 6) is -1.82. The number of ether oxygens (including phenoxy) is 1. The lowest BCUT2D eigenvalue weighted by atomic mass is 9.99. The van der Waals surface area contributed by atoms with E-state index in [9.17, 15) is 8.78 Å². The van der Waals surface area contributed by atoms with Crippen molar-refractivity contribution in [3.8, 4) is 6.01 Å². The van der Waals surface area contributed by atoms with Gasteiger partial charge in [0.25, 0.3) is 5.92 Å². The molecule has 30 heavy (non-hydrogen) atoms. The van der Waals surface area contributed by atoms with Gasteiger partial charge >= 0.3 is 6.01 Å². The van der Waals surface area contributed by atoms with Crippen molar-refractivity contribution < 1.29 is 13.5 Å². The van der Waals surface area contributed by atoms with Gasteiger partial charge in [0, 0.05) is 18.0 Å². The maximum absolute atomic E-state index is 13.9. The summed E-state index contributed by atoms with van der Waals surface area (Å²) in [6.07, 6.45) is -0.208. The highest BCUT2D eigenvalue weighted by atomic mass is 35.5. The number of nitrogens with one attached hydrogen (secondary N) is 2. The van der Waals surface area contributed by atoms with Crippen molar-refractivity contribution in [2.75, 3.05) is 35.0 Å². The number of hydrazine groups is 2. The number of hydrogen-bond donors (Lipinski definition) is 2. The Morgan fingerprint density at radius 3 is 2.60 bits per heavy atom. The van der Waals surface area contributed by atoms with Crippen LogP contribution in [0.3, 0.4) is 0 Å². The third-order valence-corrected chi connectivity index (χ3v) is 5.18. The Kier molecular flexibility index (Phi) is 5.36. The molecule has 0 aliphatic carbocycles. The zero-order chi connectivity index (χ0) is 21.5. The molecule has 1 saturated heterocycles. The molecule has 4 rings (SSSR count). The fourth-order valence-corrected chi connectivity index (χ4v) is 3.50. The molecule has 3 heterocycles. The maximum atomic E-state index is 13.9. The predicted octanol–water partition coefficient (Wildman–Crippen LogP) is 4.25. The van der Waals surface area contributed by atoms with Crippen LogP contribution in [-0.4, -0.2) is 35.6 Å². The molecule has 1 aromatic heterocycles. The van der Waals surface area contributed by atoms with E-state index in [4.69, 9.17) is 16.3 Å². The Morgan fingerprint density at radius 2 is 1.93 bits per heavy atom. The average molecular weight is 439 g/mol. The van der Waals surface area contributed by atoms with Gasteiger partial charge in [-0.1, -0.05) is 50.6 Å². The molecule has 2 aliphatic heterocycles. The summed E-state index contributed by atoms with van der Waals surface area (Å²) in [5.41, 5.74) is 7.40. The number of rotatable bonds is 5. The van der Waals surface area contributed by atoms with Gasteiger partial charge in [0.05, 0.1) is 19.7 Å². The summed E-state index contributed by atoms with van der Waals surface area (Å²) in [6, 6.07) is 7.66. The van der Waals surface area contributed by atoms with Crippen LogP contribution in [0.15, 0.2) is 24.3 Å². The number of benzene rings is 1. The fourth-order valence-electron chi connectivity index (χ4n) is 3.30. The molecular formula is C20H25ClF2N6O. The van der Waals surface area contributed by atoms with Gasteiger partial charge in [0.1, 0.15) is 5.69 Å². The van der Waals surface area contributed by atoms with E-state index in [2.05, 4.69) is 20.9 Å². The average Bonchev–Trinajstić information content (AvgIpc) is 3.24. The lowest BCUT2D eigenvalue weighted by molar-refractivity contribution is 0.0256. The minimum Gasteiger partial charge on any atom is -0.463 e. The van der Waals surface area contributed by atoms with Gasteiger partial charge in [-0.3, -0.25) is 10.4 Å².